The zero-order valence-corrected chi connectivity index (χ0v) is 12.9. The van der Waals surface area contributed by atoms with E-state index in [-0.39, 0.29) is 5.78 Å². The van der Waals surface area contributed by atoms with E-state index in [1.807, 2.05) is 42.1 Å². The fourth-order valence-corrected chi connectivity index (χ4v) is 2.92. The third kappa shape index (κ3) is 2.11. The van der Waals surface area contributed by atoms with E-state index >= 15 is 0 Å². The van der Waals surface area contributed by atoms with Gasteiger partial charge in [0.25, 0.3) is 0 Å². The molecule has 0 saturated heterocycles. The summed E-state index contributed by atoms with van der Waals surface area (Å²) in [5.41, 5.74) is 2.65. The zero-order valence-electron chi connectivity index (χ0n) is 12.9. The van der Waals surface area contributed by atoms with Crippen molar-refractivity contribution < 1.29 is 14.3 Å². The summed E-state index contributed by atoms with van der Waals surface area (Å²) in [6.07, 6.45) is 3.80. The number of ether oxygens (including phenoxy) is 2. The molecule has 1 aliphatic heterocycles. The Morgan fingerprint density at radius 3 is 2.83 bits per heavy atom. The quantitative estimate of drug-likeness (QED) is 0.676. The van der Waals surface area contributed by atoms with Gasteiger partial charge >= 0.3 is 0 Å². The van der Waals surface area contributed by atoms with Crippen LogP contribution in [0.4, 0.5) is 0 Å². The first kappa shape index (κ1) is 13.6. The number of carbonyl (C=O) groups is 1. The van der Waals surface area contributed by atoms with E-state index < -0.39 is 0 Å². The summed E-state index contributed by atoms with van der Waals surface area (Å²) >= 11 is 0. The van der Waals surface area contributed by atoms with Crippen LogP contribution in [0.25, 0.3) is 17.0 Å². The molecule has 23 heavy (non-hydrogen) atoms. The van der Waals surface area contributed by atoms with Crippen molar-refractivity contribution in [2.75, 3.05) is 7.11 Å². The Hall–Kier alpha value is -3.01. The van der Waals surface area contributed by atoms with Crippen molar-refractivity contribution in [3.63, 3.8) is 0 Å². The topological polar surface area (TPSA) is 40.5 Å². The lowest BCUT2D eigenvalue weighted by Crippen LogP contribution is -1.97. The van der Waals surface area contributed by atoms with Gasteiger partial charge in [0.15, 0.2) is 5.76 Å². The van der Waals surface area contributed by atoms with Gasteiger partial charge in [-0.05, 0) is 24.3 Å². The minimum absolute atomic E-state index is 0.101. The van der Waals surface area contributed by atoms with Crippen molar-refractivity contribution in [3.05, 3.63) is 65.5 Å². The van der Waals surface area contributed by atoms with Crippen LogP contribution in [0.1, 0.15) is 15.9 Å². The molecule has 1 aliphatic rings. The first-order chi connectivity index (χ1) is 11.2. The van der Waals surface area contributed by atoms with Gasteiger partial charge in [0.05, 0.1) is 12.7 Å². The molecule has 4 rings (SSSR count). The van der Waals surface area contributed by atoms with Gasteiger partial charge in [0.1, 0.15) is 11.5 Å². The number of Topliss-reactive ketones (excluding diaryl/α,β-unsaturated/α-hetero) is 1. The number of fused-ring (bicyclic) bond motifs is 2. The van der Waals surface area contributed by atoms with Crippen LogP contribution in [0.15, 0.2) is 54.4 Å². The number of benzene rings is 2. The van der Waals surface area contributed by atoms with Crippen LogP contribution in [-0.4, -0.2) is 17.5 Å². The lowest BCUT2D eigenvalue weighted by Gasteiger charge is -2.01. The van der Waals surface area contributed by atoms with E-state index in [0.29, 0.717) is 22.8 Å². The molecule has 0 aliphatic carbocycles. The number of para-hydroxylation sites is 1. The maximum absolute atomic E-state index is 12.5. The number of carbonyl (C=O) groups excluding carboxylic acids is 1. The van der Waals surface area contributed by atoms with Crippen LogP contribution >= 0.6 is 0 Å². The summed E-state index contributed by atoms with van der Waals surface area (Å²) in [5, 5.41) is 1.09. The summed E-state index contributed by atoms with van der Waals surface area (Å²) in [5.74, 6) is 1.45. The van der Waals surface area contributed by atoms with Crippen molar-refractivity contribution in [2.45, 2.75) is 0 Å². The van der Waals surface area contributed by atoms with E-state index in [2.05, 4.69) is 0 Å². The van der Waals surface area contributed by atoms with Gasteiger partial charge in [-0.15, -0.1) is 0 Å². The number of aromatic nitrogens is 1. The molecule has 2 heterocycles. The van der Waals surface area contributed by atoms with E-state index in [1.165, 1.54) is 0 Å². The maximum Gasteiger partial charge on any atom is 0.231 e. The maximum atomic E-state index is 12.5. The third-order valence-corrected chi connectivity index (χ3v) is 4.09. The molecule has 0 amide bonds. The smallest absolute Gasteiger partial charge is 0.231 e. The van der Waals surface area contributed by atoms with Crippen LogP contribution in [0.2, 0.25) is 0 Å². The average molecular weight is 305 g/mol. The summed E-state index contributed by atoms with van der Waals surface area (Å²) in [6.45, 7) is 0. The Kier molecular flexibility index (Phi) is 2.98. The summed E-state index contributed by atoms with van der Waals surface area (Å²) in [6, 6.07) is 13.3. The number of hydrogen-bond acceptors (Lipinski definition) is 3. The van der Waals surface area contributed by atoms with Crippen molar-refractivity contribution in [3.8, 4) is 11.5 Å². The molecule has 0 fully saturated rings. The highest BCUT2D eigenvalue weighted by atomic mass is 16.5. The normalized spacial score (nSPS) is 15.0. The number of ketones is 1. The lowest BCUT2D eigenvalue weighted by molar-refractivity contribution is 0.101. The molecule has 0 saturated carbocycles. The zero-order chi connectivity index (χ0) is 16.0. The van der Waals surface area contributed by atoms with Crippen molar-refractivity contribution in [1.29, 1.82) is 0 Å². The van der Waals surface area contributed by atoms with Gasteiger partial charge in [-0.25, -0.2) is 0 Å². The van der Waals surface area contributed by atoms with E-state index in [1.54, 1.807) is 31.4 Å². The highest BCUT2D eigenvalue weighted by molar-refractivity contribution is 6.15. The van der Waals surface area contributed by atoms with Crippen LogP contribution in [-0.2, 0) is 7.05 Å². The summed E-state index contributed by atoms with van der Waals surface area (Å²) in [4.78, 5) is 12.5. The Labute approximate surface area is 133 Å². The number of allylic oxidation sites excluding steroid dienone is 1. The van der Waals surface area contributed by atoms with Gasteiger partial charge < -0.3 is 14.0 Å². The van der Waals surface area contributed by atoms with Gasteiger partial charge in [0.2, 0.25) is 5.78 Å². The number of nitrogens with zero attached hydrogens (tertiary/aromatic N) is 1. The van der Waals surface area contributed by atoms with Crippen molar-refractivity contribution >= 4 is 22.8 Å². The SMILES string of the molecule is COc1ccc2c(c1)O/C(=C\c1cn(C)c3ccccc13)C2=O. The lowest BCUT2D eigenvalue weighted by atomic mass is 10.1. The Morgan fingerprint density at radius 2 is 2.00 bits per heavy atom. The van der Waals surface area contributed by atoms with E-state index in [0.717, 1.165) is 16.5 Å². The van der Waals surface area contributed by atoms with Gasteiger partial charge in [-0.1, -0.05) is 18.2 Å². The molecule has 0 atom stereocenters. The van der Waals surface area contributed by atoms with Crippen molar-refractivity contribution in [1.82, 2.24) is 4.57 Å². The molecule has 4 nitrogen and oxygen atoms in total. The predicted molar refractivity (Wildman–Crippen MR) is 88.8 cm³/mol. The molecule has 114 valence electrons. The first-order valence-corrected chi connectivity index (χ1v) is 7.34. The minimum atomic E-state index is -0.101. The Balaban J connectivity index is 1.79. The summed E-state index contributed by atoms with van der Waals surface area (Å²) in [7, 11) is 3.58. The van der Waals surface area contributed by atoms with Gasteiger partial charge in [-0.2, -0.15) is 0 Å². The standard InChI is InChI=1S/C19H15NO3/c1-20-11-12(14-5-3-4-6-16(14)20)9-18-19(21)15-8-7-13(22-2)10-17(15)23-18/h3-11H,1-2H3/b18-9-. The highest BCUT2D eigenvalue weighted by Crippen LogP contribution is 2.35. The second-order valence-corrected chi connectivity index (χ2v) is 5.51. The third-order valence-electron chi connectivity index (χ3n) is 4.09. The van der Waals surface area contributed by atoms with Gasteiger partial charge in [0, 0.05) is 35.8 Å². The van der Waals surface area contributed by atoms with E-state index in [4.69, 9.17) is 9.47 Å². The first-order valence-electron chi connectivity index (χ1n) is 7.34. The molecular formula is C19H15NO3. The second-order valence-electron chi connectivity index (χ2n) is 5.51. The molecule has 4 heteroatoms. The average Bonchev–Trinajstić information content (AvgIpc) is 3.06. The molecule has 0 bridgehead atoms. The van der Waals surface area contributed by atoms with Crippen LogP contribution < -0.4 is 9.47 Å². The molecule has 3 aromatic rings. The van der Waals surface area contributed by atoms with Crippen molar-refractivity contribution in [2.24, 2.45) is 7.05 Å². The number of aryl methyl sites for hydroxylation is 1. The Bertz CT molecular complexity index is 966. The minimum Gasteiger partial charge on any atom is -0.497 e. The predicted octanol–water partition coefficient (Wildman–Crippen LogP) is 3.80. The number of methoxy groups -OCH3 is 1. The Morgan fingerprint density at radius 1 is 1.17 bits per heavy atom. The highest BCUT2D eigenvalue weighted by Gasteiger charge is 2.28. The molecule has 1 aromatic heterocycles. The van der Waals surface area contributed by atoms with E-state index in [9.17, 15) is 4.79 Å². The molecular weight excluding hydrogens is 290 g/mol. The molecule has 2 aromatic carbocycles. The molecule has 0 N–H and O–H groups in total. The molecule has 0 radical (unpaired) electrons. The monoisotopic (exact) mass is 305 g/mol. The van der Waals surface area contributed by atoms with Crippen LogP contribution in [0.3, 0.4) is 0 Å². The van der Waals surface area contributed by atoms with Crippen LogP contribution in [0.5, 0.6) is 11.5 Å². The summed E-state index contributed by atoms with van der Waals surface area (Å²) < 4.78 is 13.0. The number of hydrogen-bond donors (Lipinski definition) is 0. The fraction of sp³-hybridized carbons (Fsp3) is 0.105. The van der Waals surface area contributed by atoms with Crippen LogP contribution in [0, 0.1) is 0 Å². The fourth-order valence-electron chi connectivity index (χ4n) is 2.92. The number of rotatable bonds is 2. The van der Waals surface area contributed by atoms with Gasteiger partial charge in [-0.3, -0.25) is 4.79 Å². The largest absolute Gasteiger partial charge is 0.497 e. The second kappa shape index (κ2) is 5.02. The molecule has 0 spiro atoms. The molecule has 0 unspecified atom stereocenters.